The van der Waals surface area contributed by atoms with Gasteiger partial charge in [-0.2, -0.15) is 0 Å². The lowest BCUT2D eigenvalue weighted by Gasteiger charge is -2.42. The Morgan fingerprint density at radius 1 is 0.437 bits per heavy atom. The summed E-state index contributed by atoms with van der Waals surface area (Å²) in [6.45, 7) is 21.0. The van der Waals surface area contributed by atoms with Gasteiger partial charge in [-0.05, 0) is 140 Å². The molecule has 0 aliphatic carbocycles. The van der Waals surface area contributed by atoms with E-state index in [1.54, 1.807) is 0 Å². The molecule has 346 valence electrons. The molecule has 13 rings (SSSR count). The molecule has 0 spiro atoms. The van der Waals surface area contributed by atoms with Gasteiger partial charge in [0.1, 0.15) is 0 Å². The third-order valence-corrected chi connectivity index (χ3v) is 16.5. The van der Waals surface area contributed by atoms with E-state index in [4.69, 9.17) is 0 Å². The highest BCUT2D eigenvalue weighted by Crippen LogP contribution is 2.54. The summed E-state index contributed by atoms with van der Waals surface area (Å²) in [7, 11) is 0. The van der Waals surface area contributed by atoms with Crippen LogP contribution in [-0.4, -0.2) is 11.3 Å². The van der Waals surface area contributed by atoms with Gasteiger partial charge in [0.25, 0.3) is 0 Å². The molecule has 71 heavy (non-hydrogen) atoms. The van der Waals surface area contributed by atoms with Crippen LogP contribution in [0.4, 0.5) is 34.1 Å². The van der Waals surface area contributed by atoms with Gasteiger partial charge < -0.3 is 14.3 Å². The molecule has 0 N–H and O–H groups in total. The van der Waals surface area contributed by atoms with Crippen molar-refractivity contribution in [2.75, 3.05) is 9.80 Å². The van der Waals surface area contributed by atoms with Crippen LogP contribution in [0.5, 0.6) is 0 Å². The van der Waals surface area contributed by atoms with E-state index in [1.165, 1.54) is 109 Å². The van der Waals surface area contributed by atoms with Crippen LogP contribution >= 0.6 is 11.3 Å². The van der Waals surface area contributed by atoms with Crippen LogP contribution in [0.25, 0.3) is 64.2 Å². The number of aromatic nitrogens is 1. The van der Waals surface area contributed by atoms with Crippen molar-refractivity contribution >= 4 is 105 Å². The van der Waals surface area contributed by atoms with Crippen LogP contribution in [0.2, 0.25) is 0 Å². The minimum absolute atomic E-state index is 0.0120. The van der Waals surface area contributed by atoms with Gasteiger partial charge in [0.2, 0.25) is 0 Å². The predicted octanol–water partition coefficient (Wildman–Crippen LogP) is 17.6. The van der Waals surface area contributed by atoms with Crippen molar-refractivity contribution < 1.29 is 0 Å². The van der Waals surface area contributed by atoms with Gasteiger partial charge in [-0.15, -0.1) is 11.3 Å². The van der Waals surface area contributed by atoms with Crippen LogP contribution in [0, 0.1) is 0 Å². The molecular formula is C66H58BN3S. The summed E-state index contributed by atoms with van der Waals surface area (Å²) in [6.07, 6.45) is 0. The van der Waals surface area contributed by atoms with E-state index in [9.17, 15) is 0 Å². The molecule has 2 aliphatic rings. The molecule has 0 unspecified atom stereocenters. The molecule has 0 radical (unpaired) electrons. The van der Waals surface area contributed by atoms with Gasteiger partial charge in [-0.1, -0.05) is 165 Å². The van der Waals surface area contributed by atoms with Crippen molar-refractivity contribution in [3.63, 3.8) is 0 Å². The first kappa shape index (κ1) is 43.7. The van der Waals surface area contributed by atoms with E-state index in [1.807, 2.05) is 11.3 Å². The van der Waals surface area contributed by atoms with Crippen LogP contribution in [-0.2, 0) is 16.2 Å². The topological polar surface area (TPSA) is 11.4 Å². The fourth-order valence-electron chi connectivity index (χ4n) is 11.7. The average molecular weight is 936 g/mol. The summed E-state index contributed by atoms with van der Waals surface area (Å²) in [5, 5.41) is 5.34. The maximum absolute atomic E-state index is 2.74. The summed E-state index contributed by atoms with van der Waals surface area (Å²) < 4.78 is 5.36. The van der Waals surface area contributed by atoms with Crippen molar-refractivity contribution in [1.82, 2.24) is 4.48 Å². The van der Waals surface area contributed by atoms with Gasteiger partial charge >= 0.3 is 6.85 Å². The molecular weight excluding hydrogens is 878 g/mol. The lowest BCUT2D eigenvalue weighted by atomic mass is 9.44. The smallest absolute Gasteiger partial charge is 0.333 e. The number of para-hydroxylation sites is 2. The summed E-state index contributed by atoms with van der Waals surface area (Å²) in [5.74, 6) is 0. The Hall–Kier alpha value is -7.34. The van der Waals surface area contributed by atoms with E-state index in [2.05, 4.69) is 265 Å². The predicted molar refractivity (Wildman–Crippen MR) is 309 cm³/mol. The second-order valence-electron chi connectivity index (χ2n) is 23.0. The highest BCUT2D eigenvalue weighted by Gasteiger charge is 2.45. The highest BCUT2D eigenvalue weighted by atomic mass is 32.1. The number of benzene rings is 9. The number of hydrogen-bond donors (Lipinski definition) is 0. The number of rotatable bonds is 5. The quantitative estimate of drug-likeness (QED) is 0.159. The zero-order valence-corrected chi connectivity index (χ0v) is 43.0. The maximum atomic E-state index is 2.74. The van der Waals surface area contributed by atoms with Crippen LogP contribution in [0.3, 0.4) is 0 Å². The summed E-state index contributed by atoms with van der Waals surface area (Å²) >= 11 is 1.93. The van der Waals surface area contributed by atoms with E-state index < -0.39 is 0 Å². The summed E-state index contributed by atoms with van der Waals surface area (Å²) in [4.78, 5) is 5.07. The highest BCUT2D eigenvalue weighted by molar-refractivity contribution is 7.26. The number of fused-ring (bicyclic) bond motifs is 11. The number of anilines is 6. The molecule has 0 saturated heterocycles. The zero-order chi connectivity index (χ0) is 48.7. The van der Waals surface area contributed by atoms with Crippen LogP contribution in [0.15, 0.2) is 188 Å². The number of hydrogen-bond acceptors (Lipinski definition) is 3. The van der Waals surface area contributed by atoms with E-state index in [-0.39, 0.29) is 23.1 Å². The number of nitrogens with zero attached hydrogens (tertiary/aromatic N) is 3. The molecule has 9 aromatic carbocycles. The first-order valence-electron chi connectivity index (χ1n) is 25.3. The van der Waals surface area contributed by atoms with Crippen molar-refractivity contribution in [3.8, 4) is 22.3 Å². The minimum atomic E-state index is -0.118. The summed E-state index contributed by atoms with van der Waals surface area (Å²) in [5.41, 5.74) is 21.1. The van der Waals surface area contributed by atoms with Crippen molar-refractivity contribution in [2.45, 2.75) is 78.6 Å². The molecule has 0 bridgehead atoms. The van der Waals surface area contributed by atoms with Gasteiger partial charge in [-0.25, -0.2) is 0 Å². The Morgan fingerprint density at radius 2 is 1.03 bits per heavy atom. The van der Waals surface area contributed by atoms with Gasteiger partial charge in [0.05, 0.1) is 5.69 Å². The largest absolute Gasteiger partial charge is 0.375 e. The van der Waals surface area contributed by atoms with Gasteiger partial charge in [-0.3, -0.25) is 0 Å². The van der Waals surface area contributed by atoms with E-state index in [0.717, 1.165) is 17.1 Å². The minimum Gasteiger partial charge on any atom is -0.375 e. The fraction of sp³-hybridized carbons (Fsp3) is 0.182. The lowest BCUT2D eigenvalue weighted by molar-refractivity contribution is 0.590. The average Bonchev–Trinajstić information content (AvgIpc) is 3.90. The second-order valence-corrected chi connectivity index (χ2v) is 24.1. The first-order chi connectivity index (χ1) is 34.1. The molecule has 2 aromatic heterocycles. The molecule has 5 heteroatoms. The molecule has 0 fully saturated rings. The van der Waals surface area contributed by atoms with Crippen molar-refractivity contribution in [2.24, 2.45) is 0 Å². The maximum Gasteiger partial charge on any atom is 0.333 e. The Balaban J connectivity index is 1.22. The SMILES string of the molecule is CC(C)(C)c1ccc(N2c3cc(N(c4ccccc4)c4ccccc4)ccc3B3c4c2cc2sc5ccccc5c2c4-c2cc(C(C)(C)C)cc4c5cc(C(C)(C)C)ccc5n3c24)c(-c2ccccc2)c1. The monoisotopic (exact) mass is 935 g/mol. The van der Waals surface area contributed by atoms with Gasteiger partial charge in [0, 0.05) is 81.5 Å². The molecule has 0 saturated carbocycles. The normalized spacial score (nSPS) is 13.4. The Labute approximate surface area is 422 Å². The van der Waals surface area contributed by atoms with E-state index in [0.29, 0.717) is 0 Å². The standard InChI is InChI=1S/C66H58BN3S/c1-64(2,3)42-29-33-54(49(35-42)41-21-13-10-14-22-41)69-56-39-47(68(45-23-15-11-16-24-45)46-25-17-12-18-26-46)31-32-53(56)67-62-57(69)40-59-60(48-27-19-20-28-58(48)71-59)61(62)52-38-44(66(7,8)9)37-51-50-36-43(65(4,5)6)30-34-55(50)70(67)63(51)52/h10-40H,1-9H3. The third kappa shape index (κ3) is 6.76. The van der Waals surface area contributed by atoms with Crippen molar-refractivity contribution in [1.29, 1.82) is 0 Å². The van der Waals surface area contributed by atoms with Crippen molar-refractivity contribution in [3.05, 3.63) is 205 Å². The molecule has 0 atom stereocenters. The van der Waals surface area contributed by atoms with E-state index >= 15 is 0 Å². The fourth-order valence-corrected chi connectivity index (χ4v) is 12.9. The van der Waals surface area contributed by atoms with Gasteiger partial charge in [0.15, 0.2) is 0 Å². The Morgan fingerprint density at radius 3 is 1.70 bits per heavy atom. The summed E-state index contributed by atoms with van der Waals surface area (Å²) in [6, 6.07) is 71.4. The number of thiophene rings is 1. The second kappa shape index (κ2) is 15.6. The zero-order valence-electron chi connectivity index (χ0n) is 42.2. The molecule has 3 nitrogen and oxygen atoms in total. The Bertz CT molecular complexity index is 3900. The first-order valence-corrected chi connectivity index (χ1v) is 26.1. The lowest BCUT2D eigenvalue weighted by Crippen LogP contribution is -2.56. The molecule has 0 amide bonds. The Kier molecular flexibility index (Phi) is 9.58. The third-order valence-electron chi connectivity index (χ3n) is 15.4. The molecule has 4 heterocycles. The molecule has 2 aliphatic heterocycles. The molecule has 11 aromatic rings. The van der Waals surface area contributed by atoms with Crippen LogP contribution in [0.1, 0.15) is 79.0 Å². The van der Waals surface area contributed by atoms with Crippen LogP contribution < -0.4 is 20.7 Å².